The van der Waals surface area contributed by atoms with Gasteiger partial charge in [0.1, 0.15) is 5.78 Å². The molecular formula is C28H40INO3. The van der Waals surface area contributed by atoms with Gasteiger partial charge in [-0.1, -0.05) is 77.1 Å². The Balaban J connectivity index is 0.00000544. The van der Waals surface area contributed by atoms with Crippen LogP contribution >= 0.6 is 24.0 Å². The lowest BCUT2D eigenvalue weighted by Crippen LogP contribution is -2.09. The van der Waals surface area contributed by atoms with Crippen molar-refractivity contribution in [2.45, 2.75) is 84.5 Å². The molecule has 1 aromatic heterocycles. The van der Waals surface area contributed by atoms with Crippen LogP contribution in [0.1, 0.15) is 99.5 Å². The fraction of sp³-hybridized carbons (Fsp3) is 0.536. The molecule has 2 aromatic rings. The zero-order valence-electron chi connectivity index (χ0n) is 20.4. The van der Waals surface area contributed by atoms with Crippen LogP contribution in [0.15, 0.2) is 48.8 Å². The maximum atomic E-state index is 12.5. The molecule has 0 aliphatic rings. The summed E-state index contributed by atoms with van der Waals surface area (Å²) < 4.78 is 5.27. The number of rotatable bonds is 15. The Morgan fingerprint density at radius 1 is 0.879 bits per heavy atom. The minimum atomic E-state index is -0.302. The number of ether oxygens (including phenoxy) is 1. The van der Waals surface area contributed by atoms with Crippen LogP contribution in [0, 0.1) is 5.92 Å². The number of Topliss-reactive ketones (excluding diaryl/α,β-unsaturated/α-hetero) is 1. The molecule has 0 aliphatic carbocycles. The second-order valence-electron chi connectivity index (χ2n) is 9.13. The fourth-order valence-electron chi connectivity index (χ4n) is 3.83. The lowest BCUT2D eigenvalue weighted by Gasteiger charge is -2.12. The average molecular weight is 566 g/mol. The van der Waals surface area contributed by atoms with E-state index in [4.69, 9.17) is 4.74 Å². The zero-order valence-corrected chi connectivity index (χ0v) is 22.8. The first-order valence-corrected chi connectivity index (χ1v) is 12.2. The third kappa shape index (κ3) is 11.8. The Morgan fingerprint density at radius 2 is 1.52 bits per heavy atom. The summed E-state index contributed by atoms with van der Waals surface area (Å²) >= 11 is 0. The number of hydrogen-bond acceptors (Lipinski definition) is 4. The number of carbonyl (C=O) groups is 2. The molecular weight excluding hydrogens is 525 g/mol. The predicted molar refractivity (Wildman–Crippen MR) is 145 cm³/mol. The zero-order chi connectivity index (χ0) is 23.2. The van der Waals surface area contributed by atoms with E-state index in [9.17, 15) is 9.59 Å². The normalized spacial score (nSPS) is 11.6. The van der Waals surface area contributed by atoms with Crippen molar-refractivity contribution in [1.82, 2.24) is 4.98 Å². The summed E-state index contributed by atoms with van der Waals surface area (Å²) in [5.74, 6) is 0.674. The van der Waals surface area contributed by atoms with Gasteiger partial charge >= 0.3 is 5.97 Å². The molecule has 2 rings (SSSR count). The third-order valence-corrected chi connectivity index (χ3v) is 5.80. The van der Waals surface area contributed by atoms with Gasteiger partial charge in [-0.2, -0.15) is 0 Å². The van der Waals surface area contributed by atoms with Crippen LogP contribution in [0.2, 0.25) is 0 Å². The largest absolute Gasteiger partial charge is 0.462 e. The number of nitrogens with zero attached hydrogens (tertiary/aromatic N) is 1. The average Bonchev–Trinajstić information content (AvgIpc) is 2.80. The number of ketones is 1. The molecule has 33 heavy (non-hydrogen) atoms. The van der Waals surface area contributed by atoms with Gasteiger partial charge < -0.3 is 4.74 Å². The van der Waals surface area contributed by atoms with Crippen molar-refractivity contribution in [3.05, 3.63) is 65.5 Å². The highest BCUT2D eigenvalue weighted by atomic mass is 127. The Labute approximate surface area is 216 Å². The standard InChI is InChI=1S/C28H39NO3.HI/c1-22(2)20-24-14-16-25(17-15-24)23(3)27(30)13-9-7-5-4-6-8-10-19-32-28(31)26-12-11-18-29-21-26;/h11-12,14-18,21-23H,4-10,13,19-20H2,1-3H3;1H. The van der Waals surface area contributed by atoms with Gasteiger partial charge in [0, 0.05) is 24.7 Å². The van der Waals surface area contributed by atoms with Crippen LogP contribution in [-0.2, 0) is 16.0 Å². The molecule has 1 heterocycles. The number of esters is 1. The Morgan fingerprint density at radius 3 is 2.12 bits per heavy atom. The summed E-state index contributed by atoms with van der Waals surface area (Å²) in [5.41, 5.74) is 2.97. The van der Waals surface area contributed by atoms with E-state index >= 15 is 0 Å². The van der Waals surface area contributed by atoms with Crippen LogP contribution in [0.5, 0.6) is 0 Å². The molecule has 1 aromatic carbocycles. The maximum absolute atomic E-state index is 12.5. The Kier molecular flexibility index (Phi) is 14.9. The summed E-state index contributed by atoms with van der Waals surface area (Å²) in [4.78, 5) is 28.3. The van der Waals surface area contributed by atoms with Crippen LogP contribution in [0.3, 0.4) is 0 Å². The second-order valence-corrected chi connectivity index (χ2v) is 9.13. The molecule has 0 N–H and O–H groups in total. The topological polar surface area (TPSA) is 56.3 Å². The van der Waals surface area contributed by atoms with E-state index in [2.05, 4.69) is 43.1 Å². The molecule has 0 saturated heterocycles. The number of unbranched alkanes of at least 4 members (excludes halogenated alkanes) is 6. The Bertz CT molecular complexity index is 806. The van der Waals surface area contributed by atoms with Crippen molar-refractivity contribution in [2.24, 2.45) is 5.92 Å². The van der Waals surface area contributed by atoms with Crippen molar-refractivity contribution in [3.63, 3.8) is 0 Å². The van der Waals surface area contributed by atoms with E-state index in [0.29, 0.717) is 30.3 Å². The highest BCUT2D eigenvalue weighted by Crippen LogP contribution is 2.21. The monoisotopic (exact) mass is 565 g/mol. The van der Waals surface area contributed by atoms with Gasteiger partial charge in [-0.25, -0.2) is 4.79 Å². The number of benzene rings is 1. The molecule has 5 heteroatoms. The van der Waals surface area contributed by atoms with Gasteiger partial charge in [-0.05, 0) is 48.4 Å². The van der Waals surface area contributed by atoms with Crippen molar-refractivity contribution in [3.8, 4) is 0 Å². The molecule has 1 unspecified atom stereocenters. The van der Waals surface area contributed by atoms with Crippen molar-refractivity contribution in [2.75, 3.05) is 6.61 Å². The first-order valence-electron chi connectivity index (χ1n) is 12.2. The van der Waals surface area contributed by atoms with Crippen LogP contribution in [0.4, 0.5) is 0 Å². The fourth-order valence-corrected chi connectivity index (χ4v) is 3.83. The quantitative estimate of drug-likeness (QED) is 0.127. The molecule has 0 aliphatic heterocycles. The maximum Gasteiger partial charge on any atom is 0.339 e. The second kappa shape index (κ2) is 16.8. The summed E-state index contributed by atoms with van der Waals surface area (Å²) in [5, 5.41) is 0. The Hall–Kier alpha value is -1.76. The summed E-state index contributed by atoms with van der Waals surface area (Å²) in [6, 6.07) is 12.0. The highest BCUT2D eigenvalue weighted by molar-refractivity contribution is 14.0. The van der Waals surface area contributed by atoms with Crippen LogP contribution in [-0.4, -0.2) is 23.3 Å². The summed E-state index contributed by atoms with van der Waals surface area (Å²) in [6.07, 6.45) is 12.4. The minimum absolute atomic E-state index is 0. The van der Waals surface area contributed by atoms with Gasteiger partial charge in [-0.15, -0.1) is 24.0 Å². The predicted octanol–water partition coefficient (Wildman–Crippen LogP) is 7.55. The van der Waals surface area contributed by atoms with Crippen molar-refractivity contribution >= 4 is 35.7 Å². The van der Waals surface area contributed by atoms with E-state index in [1.807, 2.05) is 6.92 Å². The smallest absolute Gasteiger partial charge is 0.339 e. The van der Waals surface area contributed by atoms with Crippen molar-refractivity contribution < 1.29 is 14.3 Å². The first kappa shape index (κ1) is 29.3. The molecule has 0 saturated carbocycles. The summed E-state index contributed by atoms with van der Waals surface area (Å²) in [7, 11) is 0. The van der Waals surface area contributed by atoms with Crippen LogP contribution < -0.4 is 0 Å². The molecule has 0 spiro atoms. The molecule has 0 amide bonds. The summed E-state index contributed by atoms with van der Waals surface area (Å²) in [6.45, 7) is 6.93. The SMILES string of the molecule is CC(C)Cc1ccc(C(C)C(=O)CCCCCCCCCOC(=O)c2cccnc2)cc1.I. The molecule has 182 valence electrons. The number of halogens is 1. The van der Waals surface area contributed by atoms with Gasteiger partial charge in [-0.3, -0.25) is 9.78 Å². The third-order valence-electron chi connectivity index (χ3n) is 5.80. The van der Waals surface area contributed by atoms with E-state index in [1.165, 1.54) is 11.8 Å². The van der Waals surface area contributed by atoms with Gasteiger partial charge in [0.2, 0.25) is 0 Å². The van der Waals surface area contributed by atoms with E-state index in [1.54, 1.807) is 18.3 Å². The molecule has 0 radical (unpaired) electrons. The number of pyridine rings is 1. The van der Waals surface area contributed by atoms with E-state index < -0.39 is 0 Å². The highest BCUT2D eigenvalue weighted by Gasteiger charge is 2.14. The lowest BCUT2D eigenvalue weighted by molar-refractivity contribution is -0.120. The lowest BCUT2D eigenvalue weighted by atomic mass is 9.91. The number of aromatic nitrogens is 1. The van der Waals surface area contributed by atoms with Gasteiger partial charge in [0.15, 0.2) is 0 Å². The van der Waals surface area contributed by atoms with Crippen molar-refractivity contribution in [1.29, 1.82) is 0 Å². The molecule has 1 atom stereocenters. The van der Waals surface area contributed by atoms with Crippen LogP contribution in [0.25, 0.3) is 0 Å². The number of carbonyl (C=O) groups excluding carboxylic acids is 2. The molecule has 0 bridgehead atoms. The van der Waals surface area contributed by atoms with E-state index in [-0.39, 0.29) is 35.9 Å². The minimum Gasteiger partial charge on any atom is -0.462 e. The molecule has 0 fully saturated rings. The van der Waals surface area contributed by atoms with Gasteiger partial charge in [0.25, 0.3) is 0 Å². The van der Waals surface area contributed by atoms with Gasteiger partial charge in [0.05, 0.1) is 12.2 Å². The molecule has 4 nitrogen and oxygen atoms in total. The number of hydrogen-bond donors (Lipinski definition) is 0. The first-order chi connectivity index (χ1) is 15.5. The van der Waals surface area contributed by atoms with E-state index in [0.717, 1.165) is 56.9 Å².